The Kier molecular flexibility index (Phi) is 5.71. The normalized spacial score (nSPS) is 16.5. The molecule has 33 heavy (non-hydrogen) atoms. The van der Waals surface area contributed by atoms with Crippen molar-refractivity contribution in [1.82, 2.24) is 28.9 Å². The van der Waals surface area contributed by atoms with Crippen LogP contribution in [0.3, 0.4) is 0 Å². The Morgan fingerprint density at radius 3 is 2.67 bits per heavy atom. The molecule has 12 nitrogen and oxygen atoms in total. The van der Waals surface area contributed by atoms with Crippen molar-refractivity contribution in [3.8, 4) is 11.4 Å². The predicted molar refractivity (Wildman–Crippen MR) is 109 cm³/mol. The van der Waals surface area contributed by atoms with Crippen molar-refractivity contribution in [2.45, 2.75) is 16.8 Å². The first-order valence-corrected chi connectivity index (χ1v) is 12.1. The highest BCUT2D eigenvalue weighted by Crippen LogP contribution is 2.28. The summed E-state index contributed by atoms with van der Waals surface area (Å²) in [6, 6.07) is 5.93. The lowest BCUT2D eigenvalue weighted by Gasteiger charge is -2.11. The lowest BCUT2D eigenvalue weighted by molar-refractivity contribution is -0.0449. The van der Waals surface area contributed by atoms with E-state index < -0.39 is 25.6 Å². The predicted octanol–water partition coefficient (Wildman–Crippen LogP) is 1.27. The van der Waals surface area contributed by atoms with E-state index in [1.54, 1.807) is 6.07 Å². The number of sulfonamides is 1. The van der Waals surface area contributed by atoms with Crippen molar-refractivity contribution in [3.05, 3.63) is 36.8 Å². The highest BCUT2D eigenvalue weighted by Gasteiger charge is 2.48. The molecule has 1 aliphatic rings. The third kappa shape index (κ3) is 4.60. The number of alkyl halides is 3. The molecule has 4 bridgehead atoms. The molecule has 3 heterocycles. The number of nitrogens with one attached hydrogen (secondary N) is 3. The van der Waals surface area contributed by atoms with E-state index >= 15 is 0 Å². The highest BCUT2D eigenvalue weighted by molar-refractivity contribution is 7.90. The van der Waals surface area contributed by atoms with Gasteiger partial charge in [0.05, 0.1) is 10.5 Å². The van der Waals surface area contributed by atoms with Gasteiger partial charge in [0.1, 0.15) is 12.1 Å². The number of benzene rings is 1. The lowest BCUT2D eigenvalue weighted by atomic mass is 10.3. The Bertz CT molecular complexity index is 1410. The van der Waals surface area contributed by atoms with Crippen molar-refractivity contribution < 1.29 is 30.0 Å². The topological polar surface area (TPSA) is 161 Å². The molecule has 2 aromatic heterocycles. The number of nitrogens with zero attached hydrogens (tertiary/aromatic N) is 5. The number of anilines is 3. The number of halogens is 3. The molecular weight excluding hydrogens is 489 g/mol. The minimum Gasteiger partial charge on any atom is -0.369 e. The molecule has 4 rings (SSSR count). The first kappa shape index (κ1) is 22.9. The zero-order valence-electron chi connectivity index (χ0n) is 16.4. The summed E-state index contributed by atoms with van der Waals surface area (Å²) < 4.78 is 88.5. The number of fused-ring (bicyclic) bond motifs is 4. The summed E-state index contributed by atoms with van der Waals surface area (Å²) in [5, 5.41) is 9.19. The molecule has 176 valence electrons. The van der Waals surface area contributed by atoms with Crippen LogP contribution in [0, 0.1) is 0 Å². The van der Waals surface area contributed by atoms with Gasteiger partial charge in [0.15, 0.2) is 5.82 Å². The van der Waals surface area contributed by atoms with Crippen LogP contribution in [0.5, 0.6) is 0 Å². The molecular formula is C16H15F3N8O4S2. The van der Waals surface area contributed by atoms with Crippen molar-refractivity contribution >= 4 is 37.5 Å². The molecule has 0 amide bonds. The van der Waals surface area contributed by atoms with Gasteiger partial charge in [0, 0.05) is 25.0 Å². The van der Waals surface area contributed by atoms with E-state index in [9.17, 15) is 30.0 Å². The third-order valence-corrected chi connectivity index (χ3v) is 7.09. The fourth-order valence-electron chi connectivity index (χ4n) is 2.79. The second-order valence-corrected chi connectivity index (χ2v) is 10.2. The number of aromatic nitrogens is 5. The standard InChI is InChI=1S/C16H15F3N8O4S2/c17-16(18,19)33(30,31)27-9-22-14(26-27)12-8-21-15-24-10-3-1-4-11(7-10)32(28,29)23-6-2-5-20-13(12)25-15/h1,3-4,7-9,23H,2,5-6H2,(H2,20,21,24,25). The molecule has 0 fully saturated rings. The van der Waals surface area contributed by atoms with E-state index in [2.05, 4.69) is 35.4 Å². The van der Waals surface area contributed by atoms with Crippen molar-refractivity contribution in [2.24, 2.45) is 0 Å². The largest absolute Gasteiger partial charge is 0.518 e. The van der Waals surface area contributed by atoms with Gasteiger partial charge in [-0.3, -0.25) is 0 Å². The van der Waals surface area contributed by atoms with Gasteiger partial charge in [-0.15, -0.1) is 9.19 Å². The van der Waals surface area contributed by atoms with Gasteiger partial charge >= 0.3 is 15.5 Å². The molecule has 17 heteroatoms. The van der Waals surface area contributed by atoms with Crippen LogP contribution in [-0.4, -0.2) is 59.6 Å². The quantitative estimate of drug-likeness (QED) is 0.463. The summed E-state index contributed by atoms with van der Waals surface area (Å²) in [6.07, 6.45) is 1.96. The Hall–Kier alpha value is -3.31. The lowest BCUT2D eigenvalue weighted by Crippen LogP contribution is -2.30. The fourth-order valence-corrected chi connectivity index (χ4v) is 4.48. The molecule has 0 atom stereocenters. The molecule has 1 aliphatic heterocycles. The summed E-state index contributed by atoms with van der Waals surface area (Å²) >= 11 is 0. The first-order chi connectivity index (χ1) is 15.5. The van der Waals surface area contributed by atoms with Gasteiger partial charge in [-0.05, 0) is 24.6 Å². The van der Waals surface area contributed by atoms with Gasteiger partial charge in [0.2, 0.25) is 16.0 Å². The average Bonchev–Trinajstić information content (AvgIpc) is 3.23. The Morgan fingerprint density at radius 2 is 1.91 bits per heavy atom. The maximum atomic E-state index is 12.8. The van der Waals surface area contributed by atoms with Crippen LogP contribution in [0.2, 0.25) is 0 Å². The smallest absolute Gasteiger partial charge is 0.369 e. The van der Waals surface area contributed by atoms with Gasteiger partial charge in [-0.25, -0.2) is 23.1 Å². The minimum absolute atomic E-state index is 0.0390. The monoisotopic (exact) mass is 504 g/mol. The van der Waals surface area contributed by atoms with Crippen LogP contribution < -0.4 is 15.4 Å². The maximum Gasteiger partial charge on any atom is 0.518 e. The summed E-state index contributed by atoms with van der Waals surface area (Å²) in [4.78, 5) is 12.0. The van der Waals surface area contributed by atoms with E-state index in [-0.39, 0.29) is 45.2 Å². The second-order valence-electron chi connectivity index (χ2n) is 6.68. The van der Waals surface area contributed by atoms with Crippen LogP contribution in [0.4, 0.5) is 30.6 Å². The van der Waals surface area contributed by atoms with E-state index in [1.807, 2.05) is 0 Å². The van der Waals surface area contributed by atoms with Gasteiger partial charge in [-0.2, -0.15) is 26.6 Å². The van der Waals surface area contributed by atoms with E-state index in [0.717, 1.165) is 0 Å². The summed E-state index contributed by atoms with van der Waals surface area (Å²) in [5.74, 6) is -0.206. The molecule has 0 spiro atoms. The molecule has 0 saturated carbocycles. The SMILES string of the molecule is O=S1(=O)NCCCNc2nc(ncc2-c2ncn(S(=O)(=O)C(F)(F)F)n2)Nc2cccc1c2. The molecule has 0 unspecified atom stereocenters. The fraction of sp³-hybridized carbons (Fsp3) is 0.250. The summed E-state index contributed by atoms with van der Waals surface area (Å²) in [6.45, 7) is 0.308. The molecule has 0 radical (unpaired) electrons. The molecule has 0 aliphatic carbocycles. The van der Waals surface area contributed by atoms with Gasteiger partial charge in [-0.1, -0.05) is 6.07 Å². The van der Waals surface area contributed by atoms with Crippen LogP contribution in [0.25, 0.3) is 11.4 Å². The van der Waals surface area contributed by atoms with Crippen molar-refractivity contribution in [2.75, 3.05) is 23.7 Å². The summed E-state index contributed by atoms with van der Waals surface area (Å²) in [5.41, 5.74) is -5.15. The van der Waals surface area contributed by atoms with Gasteiger partial charge in [0.25, 0.3) is 0 Å². The van der Waals surface area contributed by atoms with Crippen molar-refractivity contribution in [3.63, 3.8) is 0 Å². The van der Waals surface area contributed by atoms with Crippen molar-refractivity contribution in [1.29, 1.82) is 0 Å². The first-order valence-electron chi connectivity index (χ1n) is 9.19. The van der Waals surface area contributed by atoms with Crippen LogP contribution in [0.15, 0.2) is 41.7 Å². The van der Waals surface area contributed by atoms with E-state index in [4.69, 9.17) is 0 Å². The number of hydrogen-bond acceptors (Lipinski definition) is 10. The molecule has 3 aromatic rings. The minimum atomic E-state index is -5.75. The highest BCUT2D eigenvalue weighted by atomic mass is 32.2. The molecule has 3 N–H and O–H groups in total. The van der Waals surface area contributed by atoms with E-state index in [0.29, 0.717) is 18.4 Å². The number of rotatable bonds is 2. The van der Waals surface area contributed by atoms with Crippen LogP contribution in [0.1, 0.15) is 6.42 Å². The van der Waals surface area contributed by atoms with Crippen LogP contribution >= 0.6 is 0 Å². The Labute approximate surface area is 185 Å². The zero-order valence-corrected chi connectivity index (χ0v) is 18.0. The Balaban J connectivity index is 1.73. The third-order valence-electron chi connectivity index (χ3n) is 4.38. The van der Waals surface area contributed by atoms with E-state index in [1.165, 1.54) is 24.4 Å². The van der Waals surface area contributed by atoms with Crippen LogP contribution in [-0.2, 0) is 20.0 Å². The molecule has 0 saturated heterocycles. The second kappa shape index (κ2) is 8.23. The number of hydrogen-bond donors (Lipinski definition) is 3. The maximum absolute atomic E-state index is 12.8. The molecule has 1 aromatic carbocycles. The van der Waals surface area contributed by atoms with Gasteiger partial charge < -0.3 is 10.6 Å². The average molecular weight is 504 g/mol. The Morgan fingerprint density at radius 1 is 1.12 bits per heavy atom. The summed E-state index contributed by atoms with van der Waals surface area (Å²) in [7, 11) is -9.49. The zero-order chi connectivity index (χ0) is 23.9.